The summed E-state index contributed by atoms with van der Waals surface area (Å²) in [6.45, 7) is 5.65. The van der Waals surface area contributed by atoms with E-state index in [-0.39, 0.29) is 11.3 Å². The molecule has 1 aliphatic heterocycles. The lowest BCUT2D eigenvalue weighted by Crippen LogP contribution is -2.40. The van der Waals surface area contributed by atoms with Crippen molar-refractivity contribution in [1.82, 2.24) is 20.2 Å². The molecule has 0 unspecified atom stereocenters. The number of nitro groups is 1. The molecular weight excluding hydrogens is 462 g/mol. The summed E-state index contributed by atoms with van der Waals surface area (Å²) in [4.78, 5) is 35.6. The van der Waals surface area contributed by atoms with Crippen LogP contribution in [0.4, 0.5) is 5.69 Å². The number of hydrogen-bond acceptors (Lipinski definition) is 9. The molecule has 2 aromatic carbocycles. The van der Waals surface area contributed by atoms with Crippen molar-refractivity contribution in [3.63, 3.8) is 0 Å². The maximum absolute atomic E-state index is 12.9. The summed E-state index contributed by atoms with van der Waals surface area (Å²) in [7, 11) is 1.30. The van der Waals surface area contributed by atoms with Gasteiger partial charge in [-0.2, -0.15) is 0 Å². The number of hydrogen-bond donors (Lipinski definition) is 1. The third kappa shape index (κ3) is 6.28. The molecule has 36 heavy (non-hydrogen) atoms. The fourth-order valence-corrected chi connectivity index (χ4v) is 4.09. The van der Waals surface area contributed by atoms with Gasteiger partial charge in [0.2, 0.25) is 0 Å². The number of nitrogens with one attached hydrogen (secondary N) is 1. The number of aromatic nitrogens is 2. The Morgan fingerprint density at radius 3 is 2.56 bits per heavy atom. The smallest absolute Gasteiger partial charge is 0.341 e. The second-order valence-corrected chi connectivity index (χ2v) is 8.34. The first-order valence-electron chi connectivity index (χ1n) is 11.9. The number of nitrogens with zero attached hydrogens (tertiary/aromatic N) is 4. The summed E-state index contributed by atoms with van der Waals surface area (Å²) < 4.78 is 10.5. The highest BCUT2D eigenvalue weighted by Gasteiger charge is 2.24. The van der Waals surface area contributed by atoms with Gasteiger partial charge in [0.1, 0.15) is 5.56 Å². The van der Waals surface area contributed by atoms with Crippen LogP contribution in [0.1, 0.15) is 16.1 Å². The number of carbonyl (C=O) groups excluding carboxylic acids is 1. The first kappa shape index (κ1) is 25.4. The number of benzene rings is 2. The molecule has 4 rings (SSSR count). The van der Waals surface area contributed by atoms with Gasteiger partial charge in [-0.15, -0.1) is 0 Å². The van der Waals surface area contributed by atoms with Gasteiger partial charge in [-0.1, -0.05) is 42.5 Å². The minimum atomic E-state index is -0.584. The highest BCUT2D eigenvalue weighted by molar-refractivity contribution is 5.97. The van der Waals surface area contributed by atoms with Crippen molar-refractivity contribution in [3.8, 4) is 22.6 Å². The number of morpholine rings is 1. The quantitative estimate of drug-likeness (QED) is 0.197. The lowest BCUT2D eigenvalue weighted by Gasteiger charge is -2.26. The van der Waals surface area contributed by atoms with Gasteiger partial charge < -0.3 is 14.8 Å². The van der Waals surface area contributed by atoms with E-state index < -0.39 is 10.9 Å². The molecule has 0 radical (unpaired) electrons. The highest BCUT2D eigenvalue weighted by Crippen LogP contribution is 2.30. The molecule has 0 bridgehead atoms. The normalized spacial score (nSPS) is 13.9. The van der Waals surface area contributed by atoms with Crippen molar-refractivity contribution in [2.75, 3.05) is 53.0 Å². The van der Waals surface area contributed by atoms with Crippen molar-refractivity contribution in [3.05, 3.63) is 76.0 Å². The van der Waals surface area contributed by atoms with Crippen molar-refractivity contribution in [2.45, 2.75) is 6.42 Å². The topological polar surface area (TPSA) is 120 Å². The van der Waals surface area contributed by atoms with Gasteiger partial charge in [0.15, 0.2) is 5.82 Å². The zero-order chi connectivity index (χ0) is 25.3. The van der Waals surface area contributed by atoms with Crippen LogP contribution in [0, 0.1) is 10.1 Å². The number of rotatable bonds is 10. The molecule has 10 heteroatoms. The Hall–Kier alpha value is -3.73. The van der Waals surface area contributed by atoms with E-state index in [1.54, 1.807) is 12.1 Å². The highest BCUT2D eigenvalue weighted by atomic mass is 16.6. The molecule has 3 aromatic rings. The number of non-ortho nitro benzene ring substituents is 1. The number of carbonyl (C=O) groups is 1. The molecule has 0 aliphatic carbocycles. The van der Waals surface area contributed by atoms with Gasteiger partial charge in [-0.25, -0.2) is 14.8 Å². The molecule has 0 atom stereocenters. The average molecular weight is 492 g/mol. The second kappa shape index (κ2) is 12.3. The van der Waals surface area contributed by atoms with Crippen LogP contribution in [0.3, 0.4) is 0 Å². The van der Waals surface area contributed by atoms with E-state index in [1.807, 2.05) is 30.3 Å². The lowest BCUT2D eigenvalue weighted by atomic mass is 10.0. The number of methoxy groups -OCH3 is 1. The SMILES string of the molecule is COC(=O)c1c(CCNCCN2CCOCC2)nc(-c2ccccc2)nc1-c1cccc([N+](=O)[O-])c1. The monoisotopic (exact) mass is 491 g/mol. The summed E-state index contributed by atoms with van der Waals surface area (Å²) in [5.74, 6) is -0.146. The molecule has 188 valence electrons. The van der Waals surface area contributed by atoms with E-state index in [0.717, 1.165) is 45.0 Å². The van der Waals surface area contributed by atoms with Crippen LogP contribution in [-0.4, -0.2) is 78.8 Å². The standard InChI is InChI=1S/C26H29N5O5/c1-35-26(32)23-22(10-11-27-12-13-30-14-16-36-17-15-30)28-25(19-6-3-2-4-7-19)29-24(23)20-8-5-9-21(18-20)31(33)34/h2-9,18,27H,10-17H2,1H3. The summed E-state index contributed by atoms with van der Waals surface area (Å²) in [6, 6.07) is 15.5. The van der Waals surface area contributed by atoms with Crippen molar-refractivity contribution >= 4 is 11.7 Å². The Morgan fingerprint density at radius 1 is 1.08 bits per heavy atom. The molecule has 0 amide bonds. The van der Waals surface area contributed by atoms with Crippen LogP contribution in [0.2, 0.25) is 0 Å². The molecule has 1 N–H and O–H groups in total. The van der Waals surface area contributed by atoms with Crippen LogP contribution in [0.5, 0.6) is 0 Å². The fourth-order valence-electron chi connectivity index (χ4n) is 4.09. The first-order valence-corrected chi connectivity index (χ1v) is 11.9. The summed E-state index contributed by atoms with van der Waals surface area (Å²) in [5, 5.41) is 14.8. The number of nitro benzene ring substituents is 1. The van der Waals surface area contributed by atoms with E-state index in [1.165, 1.54) is 19.2 Å². The van der Waals surface area contributed by atoms with Gasteiger partial charge in [-0.05, 0) is 0 Å². The molecule has 10 nitrogen and oxygen atoms in total. The summed E-state index contributed by atoms with van der Waals surface area (Å²) >= 11 is 0. The van der Waals surface area contributed by atoms with Gasteiger partial charge in [-0.3, -0.25) is 15.0 Å². The van der Waals surface area contributed by atoms with Crippen molar-refractivity contribution in [2.24, 2.45) is 0 Å². The molecule has 1 saturated heterocycles. The van der Waals surface area contributed by atoms with Crippen molar-refractivity contribution < 1.29 is 19.2 Å². The van der Waals surface area contributed by atoms with E-state index in [0.29, 0.717) is 35.7 Å². The van der Waals surface area contributed by atoms with Gasteiger partial charge >= 0.3 is 5.97 Å². The third-order valence-electron chi connectivity index (χ3n) is 5.98. The molecule has 0 saturated carbocycles. The minimum absolute atomic E-state index is 0.0884. The first-order chi connectivity index (χ1) is 17.6. The zero-order valence-electron chi connectivity index (χ0n) is 20.2. The Kier molecular flexibility index (Phi) is 8.66. The predicted molar refractivity (Wildman–Crippen MR) is 135 cm³/mol. The second-order valence-electron chi connectivity index (χ2n) is 8.34. The molecule has 1 aromatic heterocycles. The fraction of sp³-hybridized carbons (Fsp3) is 0.346. The molecule has 2 heterocycles. The Labute approximate surface area is 209 Å². The van der Waals surface area contributed by atoms with E-state index in [4.69, 9.17) is 14.5 Å². The number of ether oxygens (including phenoxy) is 2. The Balaban J connectivity index is 1.66. The summed E-state index contributed by atoms with van der Waals surface area (Å²) in [6.07, 6.45) is 0.456. The molecule has 1 aliphatic rings. The molecule has 1 fully saturated rings. The summed E-state index contributed by atoms with van der Waals surface area (Å²) in [5.41, 5.74) is 2.19. The maximum atomic E-state index is 12.9. The van der Waals surface area contributed by atoms with Crippen LogP contribution in [0.15, 0.2) is 54.6 Å². The van der Waals surface area contributed by atoms with Crippen LogP contribution in [0.25, 0.3) is 22.6 Å². The molecule has 0 spiro atoms. The van der Waals surface area contributed by atoms with Crippen LogP contribution >= 0.6 is 0 Å². The van der Waals surface area contributed by atoms with E-state index in [2.05, 4.69) is 15.2 Å². The predicted octanol–water partition coefficient (Wildman–Crippen LogP) is 2.97. The minimum Gasteiger partial charge on any atom is -0.465 e. The van der Waals surface area contributed by atoms with Gasteiger partial charge in [0.25, 0.3) is 5.69 Å². The zero-order valence-corrected chi connectivity index (χ0v) is 20.2. The third-order valence-corrected chi connectivity index (χ3v) is 5.98. The van der Waals surface area contributed by atoms with E-state index >= 15 is 0 Å². The lowest BCUT2D eigenvalue weighted by molar-refractivity contribution is -0.384. The maximum Gasteiger partial charge on any atom is 0.341 e. The van der Waals surface area contributed by atoms with Gasteiger partial charge in [0, 0.05) is 62.4 Å². The largest absolute Gasteiger partial charge is 0.465 e. The molecular formula is C26H29N5O5. The van der Waals surface area contributed by atoms with Crippen LogP contribution < -0.4 is 5.32 Å². The van der Waals surface area contributed by atoms with E-state index in [9.17, 15) is 14.9 Å². The Bertz CT molecular complexity index is 1200. The van der Waals surface area contributed by atoms with Gasteiger partial charge in [0.05, 0.1) is 36.6 Å². The van der Waals surface area contributed by atoms with Crippen LogP contribution in [-0.2, 0) is 15.9 Å². The van der Waals surface area contributed by atoms with Crippen molar-refractivity contribution in [1.29, 1.82) is 0 Å². The Morgan fingerprint density at radius 2 is 1.83 bits per heavy atom. The average Bonchev–Trinajstić information content (AvgIpc) is 2.93. The number of esters is 1.